The number of aliphatic hydroxyl groups is 1. The Morgan fingerprint density at radius 3 is 2.72 bits per heavy atom. The molecule has 4 aromatic rings. The molecule has 3 heterocycles. The molecule has 2 atom stereocenters. The van der Waals surface area contributed by atoms with Gasteiger partial charge in [-0.15, -0.1) is 0 Å². The zero-order valence-corrected chi connectivity index (χ0v) is 15.4. The first kappa shape index (κ1) is 17.5. The predicted octanol–water partition coefficient (Wildman–Crippen LogP) is 1.98. The third kappa shape index (κ3) is 2.70. The van der Waals surface area contributed by atoms with E-state index in [1.807, 2.05) is 24.3 Å². The maximum absolute atomic E-state index is 14.2. The van der Waals surface area contributed by atoms with E-state index in [9.17, 15) is 14.3 Å². The number of anilines is 1. The van der Waals surface area contributed by atoms with E-state index in [2.05, 4.69) is 25.6 Å². The molecule has 9 heteroatoms. The summed E-state index contributed by atoms with van der Waals surface area (Å²) in [6.07, 6.45) is 1.46. The number of hydrogen-bond donors (Lipinski definition) is 3. The van der Waals surface area contributed by atoms with Crippen LogP contribution in [0.25, 0.3) is 10.8 Å². The number of aromatic amines is 1. The van der Waals surface area contributed by atoms with E-state index in [4.69, 9.17) is 0 Å². The summed E-state index contributed by atoms with van der Waals surface area (Å²) in [5, 5.41) is 24.5. The topological polar surface area (TPSA) is 109 Å². The van der Waals surface area contributed by atoms with E-state index in [0.717, 1.165) is 11.1 Å². The third-order valence-corrected chi connectivity index (χ3v) is 5.37. The summed E-state index contributed by atoms with van der Waals surface area (Å²) in [5.41, 5.74) is 2.35. The quantitative estimate of drug-likeness (QED) is 0.492. The smallest absolute Gasteiger partial charge is 0.272 e. The van der Waals surface area contributed by atoms with Gasteiger partial charge >= 0.3 is 0 Å². The fourth-order valence-corrected chi connectivity index (χ4v) is 4.00. The molecule has 0 bridgehead atoms. The van der Waals surface area contributed by atoms with Crippen LogP contribution in [0.2, 0.25) is 0 Å². The molecule has 0 unspecified atom stereocenters. The van der Waals surface area contributed by atoms with E-state index in [0.29, 0.717) is 22.6 Å². The minimum atomic E-state index is -0.505. The van der Waals surface area contributed by atoms with Gasteiger partial charge in [-0.1, -0.05) is 24.3 Å². The lowest BCUT2D eigenvalue weighted by Crippen LogP contribution is -2.30. The van der Waals surface area contributed by atoms with Gasteiger partial charge in [0, 0.05) is 18.1 Å². The molecule has 2 aromatic heterocycles. The summed E-state index contributed by atoms with van der Waals surface area (Å²) >= 11 is 0. The second kappa shape index (κ2) is 6.49. The number of rotatable bonds is 3. The Kier molecular flexibility index (Phi) is 3.92. The first-order valence-electron chi connectivity index (χ1n) is 9.09. The van der Waals surface area contributed by atoms with Gasteiger partial charge in [0.15, 0.2) is 0 Å². The third-order valence-electron chi connectivity index (χ3n) is 5.37. The second-order valence-corrected chi connectivity index (χ2v) is 7.06. The number of aryl methyl sites for hydroxylation is 1. The van der Waals surface area contributed by atoms with Crippen LogP contribution in [-0.4, -0.2) is 30.1 Å². The lowest BCUT2D eigenvalue weighted by molar-refractivity contribution is 0.282. The summed E-state index contributed by atoms with van der Waals surface area (Å²) in [5.74, 6) is -0.224. The number of hydrogen-bond acceptors (Lipinski definition) is 6. The highest BCUT2D eigenvalue weighted by atomic mass is 19.1. The van der Waals surface area contributed by atoms with Crippen LogP contribution < -0.4 is 10.9 Å². The maximum atomic E-state index is 14.2. The lowest BCUT2D eigenvalue weighted by Gasteiger charge is -2.33. The van der Waals surface area contributed by atoms with Gasteiger partial charge in [-0.25, -0.2) is 14.5 Å². The van der Waals surface area contributed by atoms with Crippen molar-refractivity contribution in [2.45, 2.75) is 18.6 Å². The molecule has 0 radical (unpaired) electrons. The van der Waals surface area contributed by atoms with Crippen LogP contribution in [-0.2, 0) is 13.7 Å². The standard InChI is InChI=1S/C20H17FN6O2/c1-27-19(22-9-23-27)16-17(11-4-2-10(8-28)3-5-11)24-14-7-12(21)6-13-15(14)18(16)25-26-20(13)29/h2-7,9,16-17,24,28H,8H2,1H3,(H,26,29)/t16-,17-/m0/s1. The first-order valence-corrected chi connectivity index (χ1v) is 9.09. The number of aromatic nitrogens is 5. The van der Waals surface area contributed by atoms with Gasteiger partial charge in [0.05, 0.1) is 29.6 Å². The number of benzene rings is 2. The van der Waals surface area contributed by atoms with Crippen molar-refractivity contribution < 1.29 is 9.50 Å². The summed E-state index contributed by atoms with van der Waals surface area (Å²) in [6, 6.07) is 9.73. The van der Waals surface area contributed by atoms with Crippen molar-refractivity contribution in [1.82, 2.24) is 25.0 Å². The molecule has 8 nitrogen and oxygen atoms in total. The van der Waals surface area contributed by atoms with Crippen LogP contribution in [0.15, 0.2) is 47.5 Å². The molecule has 2 aromatic carbocycles. The van der Waals surface area contributed by atoms with E-state index < -0.39 is 11.4 Å². The van der Waals surface area contributed by atoms with Gasteiger partial charge in [-0.05, 0) is 23.3 Å². The van der Waals surface area contributed by atoms with Gasteiger partial charge in [0.25, 0.3) is 5.56 Å². The van der Waals surface area contributed by atoms with Crippen molar-refractivity contribution in [3.05, 3.63) is 81.5 Å². The molecule has 29 heavy (non-hydrogen) atoms. The van der Waals surface area contributed by atoms with Crippen LogP contribution in [0, 0.1) is 5.82 Å². The first-order chi connectivity index (χ1) is 14.1. The minimum Gasteiger partial charge on any atom is -0.392 e. The molecule has 0 aliphatic carbocycles. The maximum Gasteiger partial charge on any atom is 0.272 e. The molecule has 1 aliphatic heterocycles. The van der Waals surface area contributed by atoms with E-state index in [1.165, 1.54) is 18.5 Å². The van der Waals surface area contributed by atoms with E-state index in [-0.39, 0.29) is 24.0 Å². The monoisotopic (exact) mass is 392 g/mol. The van der Waals surface area contributed by atoms with Gasteiger partial charge in [-0.2, -0.15) is 10.2 Å². The highest BCUT2D eigenvalue weighted by molar-refractivity contribution is 5.97. The summed E-state index contributed by atoms with van der Waals surface area (Å²) in [4.78, 5) is 16.7. The molecule has 5 rings (SSSR count). The fourth-order valence-electron chi connectivity index (χ4n) is 4.00. The van der Waals surface area contributed by atoms with Gasteiger partial charge in [0.1, 0.15) is 18.0 Å². The Labute approximate surface area is 164 Å². The molecule has 0 amide bonds. The largest absolute Gasteiger partial charge is 0.392 e. The number of aliphatic hydroxyl groups excluding tert-OH is 1. The molecule has 0 saturated carbocycles. The van der Waals surface area contributed by atoms with E-state index in [1.54, 1.807) is 11.7 Å². The Morgan fingerprint density at radius 1 is 1.24 bits per heavy atom. The van der Waals surface area contributed by atoms with Gasteiger partial charge in [0.2, 0.25) is 0 Å². The van der Waals surface area contributed by atoms with Crippen LogP contribution in [0.4, 0.5) is 10.1 Å². The molecule has 0 fully saturated rings. The Bertz CT molecular complexity index is 1280. The molecule has 146 valence electrons. The number of nitrogens with one attached hydrogen (secondary N) is 2. The molecule has 1 aliphatic rings. The van der Waals surface area contributed by atoms with Crippen LogP contribution in [0.1, 0.15) is 34.6 Å². The number of halogens is 1. The molecule has 0 saturated heterocycles. The van der Waals surface area contributed by atoms with Crippen molar-refractivity contribution in [1.29, 1.82) is 0 Å². The number of nitrogens with zero attached hydrogens (tertiary/aromatic N) is 4. The SMILES string of the molecule is Cn1ncnc1[C@@H]1c2n[nH]c(=O)c3cc(F)cc(c23)N[C@H]1c1ccc(CO)cc1. The van der Waals surface area contributed by atoms with Crippen molar-refractivity contribution in [3.8, 4) is 0 Å². The lowest BCUT2D eigenvalue weighted by atomic mass is 9.83. The highest BCUT2D eigenvalue weighted by Crippen LogP contribution is 2.45. The van der Waals surface area contributed by atoms with Crippen LogP contribution in [0.5, 0.6) is 0 Å². The van der Waals surface area contributed by atoms with Crippen molar-refractivity contribution in [2.75, 3.05) is 5.32 Å². The van der Waals surface area contributed by atoms with Crippen molar-refractivity contribution in [2.24, 2.45) is 7.05 Å². The molecule has 3 N–H and O–H groups in total. The molecular formula is C20H17FN6O2. The van der Waals surface area contributed by atoms with E-state index >= 15 is 0 Å². The van der Waals surface area contributed by atoms with Gasteiger partial charge in [-0.3, -0.25) is 9.48 Å². The summed E-state index contributed by atoms with van der Waals surface area (Å²) < 4.78 is 15.9. The van der Waals surface area contributed by atoms with Gasteiger partial charge < -0.3 is 10.4 Å². The molecule has 0 spiro atoms. The van der Waals surface area contributed by atoms with Crippen molar-refractivity contribution in [3.63, 3.8) is 0 Å². The van der Waals surface area contributed by atoms with Crippen molar-refractivity contribution >= 4 is 16.5 Å². The average Bonchev–Trinajstić information content (AvgIpc) is 3.15. The fraction of sp³-hybridized carbons (Fsp3) is 0.200. The van der Waals surface area contributed by atoms with Crippen LogP contribution in [0.3, 0.4) is 0 Å². The summed E-state index contributed by atoms with van der Waals surface area (Å²) in [7, 11) is 1.79. The minimum absolute atomic E-state index is 0.0543. The normalized spacial score (nSPS) is 18.0. The summed E-state index contributed by atoms with van der Waals surface area (Å²) in [6.45, 7) is -0.0543. The van der Waals surface area contributed by atoms with Crippen LogP contribution >= 0.6 is 0 Å². The average molecular weight is 392 g/mol. The zero-order chi connectivity index (χ0) is 20.1. The predicted molar refractivity (Wildman–Crippen MR) is 104 cm³/mol. The Balaban J connectivity index is 1.79. The number of H-pyrrole nitrogens is 1. The highest BCUT2D eigenvalue weighted by Gasteiger charge is 2.37. The second-order valence-electron chi connectivity index (χ2n) is 7.06. The Morgan fingerprint density at radius 2 is 2.03 bits per heavy atom. The zero-order valence-electron chi connectivity index (χ0n) is 15.4. The molecular weight excluding hydrogens is 375 g/mol. The Hall–Kier alpha value is -3.59.